The Morgan fingerprint density at radius 3 is 1.55 bits per heavy atom. The monoisotopic (exact) mass is 849 g/mol. The SMILES string of the molecule is CNC(=O)[C@H](CC(=O)[C@@H](C)NC(=O)[C@@H](C)CC(=O)[C@@H](C)NC(=O)[C@@H](CCC(=O)O)CC(=O)[C@@H](Cc1cnc[nH]1)NC(=O)[C@H](CC(=O)[C@@H](C)NC(=O)C(C)C)[C@H](C)O)[C@H](C)O. The lowest BCUT2D eigenvalue weighted by atomic mass is 9.90. The maximum atomic E-state index is 13.9. The summed E-state index contributed by atoms with van der Waals surface area (Å²) in [5, 5.41) is 42.2. The molecule has 60 heavy (non-hydrogen) atoms. The van der Waals surface area contributed by atoms with E-state index < -0.39 is 138 Å². The van der Waals surface area contributed by atoms with Gasteiger partial charge in [0.25, 0.3) is 0 Å². The Bertz CT molecular complexity index is 1680. The first-order valence-electron chi connectivity index (χ1n) is 20.0. The lowest BCUT2D eigenvalue weighted by Gasteiger charge is -2.26. The van der Waals surface area contributed by atoms with Gasteiger partial charge >= 0.3 is 5.97 Å². The highest BCUT2D eigenvalue weighted by Gasteiger charge is 2.35. The molecule has 0 aliphatic carbocycles. The number of H-pyrrole nitrogens is 1. The molecule has 0 aliphatic rings. The van der Waals surface area contributed by atoms with Crippen molar-refractivity contribution in [1.82, 2.24) is 36.6 Å². The van der Waals surface area contributed by atoms with Crippen LogP contribution in [0.2, 0.25) is 0 Å². The van der Waals surface area contributed by atoms with Crippen molar-refractivity contribution in [3.8, 4) is 0 Å². The topological polar surface area (TPSA) is 320 Å². The van der Waals surface area contributed by atoms with E-state index in [-0.39, 0.29) is 31.6 Å². The number of nitrogens with one attached hydrogen (secondary N) is 6. The number of imidazole rings is 1. The molecule has 5 amide bonds. The molecule has 9 N–H and O–H groups in total. The molecule has 0 aromatic carbocycles. The number of rotatable bonds is 28. The summed E-state index contributed by atoms with van der Waals surface area (Å²) in [6.07, 6.45) is -2.58. The number of amides is 5. The van der Waals surface area contributed by atoms with Crippen LogP contribution < -0.4 is 26.6 Å². The minimum Gasteiger partial charge on any atom is -0.481 e. The molecule has 0 radical (unpaired) electrons. The van der Waals surface area contributed by atoms with E-state index in [0.29, 0.717) is 5.69 Å². The van der Waals surface area contributed by atoms with Crippen molar-refractivity contribution in [3.05, 3.63) is 18.2 Å². The first-order chi connectivity index (χ1) is 27.9. The number of aliphatic hydroxyl groups is 2. The summed E-state index contributed by atoms with van der Waals surface area (Å²) in [4.78, 5) is 135. The number of hydrogen-bond donors (Lipinski definition) is 9. The first-order valence-corrected chi connectivity index (χ1v) is 20.0. The van der Waals surface area contributed by atoms with Crippen LogP contribution in [-0.4, -0.2) is 127 Å². The average Bonchev–Trinajstić information content (AvgIpc) is 3.69. The number of carbonyl (C=O) groups is 10. The van der Waals surface area contributed by atoms with E-state index in [0.717, 1.165) is 0 Å². The Kier molecular flexibility index (Phi) is 22.2. The zero-order chi connectivity index (χ0) is 46.0. The van der Waals surface area contributed by atoms with Crippen molar-refractivity contribution in [2.75, 3.05) is 7.05 Å². The summed E-state index contributed by atoms with van der Waals surface area (Å²) in [6, 6.07) is -4.58. The van der Waals surface area contributed by atoms with Gasteiger partial charge in [0.05, 0.1) is 54.5 Å². The number of carboxylic acid groups (broad SMARTS) is 1. The molecule has 0 aliphatic heterocycles. The van der Waals surface area contributed by atoms with E-state index in [4.69, 9.17) is 0 Å². The van der Waals surface area contributed by atoms with E-state index in [9.17, 15) is 63.3 Å². The van der Waals surface area contributed by atoms with Crippen LogP contribution in [0.15, 0.2) is 12.5 Å². The maximum absolute atomic E-state index is 13.9. The first kappa shape index (κ1) is 52.6. The molecule has 0 saturated heterocycles. The van der Waals surface area contributed by atoms with Gasteiger partial charge in [-0.2, -0.15) is 0 Å². The highest BCUT2D eigenvalue weighted by atomic mass is 16.4. The van der Waals surface area contributed by atoms with E-state index in [1.165, 1.54) is 61.1 Å². The van der Waals surface area contributed by atoms with Gasteiger partial charge in [0, 0.05) is 75.2 Å². The molecular weight excluding hydrogens is 786 g/mol. The molecule has 1 heterocycles. The van der Waals surface area contributed by atoms with E-state index in [2.05, 4.69) is 36.6 Å². The highest BCUT2D eigenvalue weighted by Crippen LogP contribution is 2.19. The van der Waals surface area contributed by atoms with Crippen molar-refractivity contribution in [1.29, 1.82) is 0 Å². The second kappa shape index (κ2) is 25.3. The Morgan fingerprint density at radius 2 is 1.10 bits per heavy atom. The Balaban J connectivity index is 3.11. The predicted octanol–water partition coefficient (Wildman–Crippen LogP) is -0.699. The van der Waals surface area contributed by atoms with Crippen LogP contribution in [-0.2, 0) is 54.4 Å². The summed E-state index contributed by atoms with van der Waals surface area (Å²) < 4.78 is 0. The van der Waals surface area contributed by atoms with Gasteiger partial charge in [-0.25, -0.2) is 4.98 Å². The summed E-state index contributed by atoms with van der Waals surface area (Å²) >= 11 is 0. The lowest BCUT2D eigenvalue weighted by Crippen LogP contribution is -2.50. The summed E-state index contributed by atoms with van der Waals surface area (Å²) in [6.45, 7) is 11.5. The van der Waals surface area contributed by atoms with Gasteiger partial charge in [-0.3, -0.25) is 47.9 Å². The Morgan fingerprint density at radius 1 is 0.617 bits per heavy atom. The number of nitrogens with zero attached hydrogens (tertiary/aromatic N) is 1. The molecule has 20 heteroatoms. The molecule has 1 rings (SSSR count). The van der Waals surface area contributed by atoms with Gasteiger partial charge in [0.15, 0.2) is 23.1 Å². The average molecular weight is 850 g/mol. The van der Waals surface area contributed by atoms with Crippen LogP contribution in [0.1, 0.15) is 99.6 Å². The second-order valence-electron chi connectivity index (χ2n) is 15.7. The summed E-state index contributed by atoms with van der Waals surface area (Å²) in [7, 11) is 1.36. The quantitative estimate of drug-likeness (QED) is 0.0504. The molecule has 1 aromatic heterocycles. The fourth-order valence-electron chi connectivity index (χ4n) is 5.97. The zero-order valence-electron chi connectivity index (χ0n) is 35.8. The number of carboxylic acids is 1. The standard InChI is InChI=1S/C40H63N7O13/c1-19(2)36(56)44-22(5)33(52)16-29(25(8)49)40(60)47-30(14-27-17-42-18-43-27)34(53)13-26(10-11-35(54)55)38(58)46-21(4)31(50)12-20(3)37(57)45-23(6)32(51)15-28(24(7)48)39(59)41-9/h17-26,28-30,48-49H,10-16H2,1-9H3,(H,41,59)(H,42,43)(H,44,56)(H,45,57)(H,46,58)(H,47,60)(H,54,55)/t20-,21+,22+,23+,24-,25-,26-,28+,29+,30+/m0/s1. The van der Waals surface area contributed by atoms with Gasteiger partial charge in [0.1, 0.15) is 0 Å². The number of aromatic nitrogens is 2. The lowest BCUT2D eigenvalue weighted by molar-refractivity contribution is -0.139. The number of carbonyl (C=O) groups excluding carboxylic acids is 9. The molecule has 1 aromatic rings. The summed E-state index contributed by atoms with van der Waals surface area (Å²) in [5.74, 6) is -12.0. The number of aromatic amines is 1. The van der Waals surface area contributed by atoms with E-state index in [1.54, 1.807) is 13.8 Å². The van der Waals surface area contributed by atoms with E-state index >= 15 is 0 Å². The van der Waals surface area contributed by atoms with Crippen molar-refractivity contribution < 1.29 is 63.3 Å². The van der Waals surface area contributed by atoms with Crippen LogP contribution in [0.4, 0.5) is 0 Å². The highest BCUT2D eigenvalue weighted by molar-refractivity contribution is 5.98. The third-order valence-electron chi connectivity index (χ3n) is 10.1. The van der Waals surface area contributed by atoms with Crippen molar-refractivity contribution >= 4 is 58.6 Å². The molecule has 0 bridgehead atoms. The molecule has 0 fully saturated rings. The fraction of sp³-hybridized carbons (Fsp3) is 0.675. The zero-order valence-corrected chi connectivity index (χ0v) is 35.8. The third-order valence-corrected chi connectivity index (χ3v) is 10.1. The van der Waals surface area contributed by atoms with Gasteiger partial charge < -0.3 is 46.9 Å². The minimum atomic E-state index is -1.36. The predicted molar refractivity (Wildman–Crippen MR) is 214 cm³/mol. The van der Waals surface area contributed by atoms with Crippen molar-refractivity contribution in [3.63, 3.8) is 0 Å². The Labute approximate surface area is 349 Å². The second-order valence-corrected chi connectivity index (χ2v) is 15.7. The van der Waals surface area contributed by atoms with Gasteiger partial charge in [-0.05, 0) is 41.0 Å². The van der Waals surface area contributed by atoms with Crippen LogP contribution in [0.5, 0.6) is 0 Å². The van der Waals surface area contributed by atoms with Gasteiger partial charge in [-0.1, -0.05) is 20.8 Å². The third kappa shape index (κ3) is 17.9. The number of hydrogen-bond acceptors (Lipinski definition) is 13. The number of Topliss-reactive ketones (excluding diaryl/α,β-unsaturated/α-hetero) is 4. The van der Waals surface area contributed by atoms with E-state index in [1.807, 2.05) is 0 Å². The molecular formula is C40H63N7O13. The molecule has 0 spiro atoms. The molecule has 0 unspecified atom stereocenters. The number of aliphatic hydroxyl groups excluding tert-OH is 2. The van der Waals surface area contributed by atoms with Crippen LogP contribution >= 0.6 is 0 Å². The van der Waals surface area contributed by atoms with Crippen LogP contribution in [0.25, 0.3) is 0 Å². The minimum absolute atomic E-state index is 0.159. The van der Waals surface area contributed by atoms with Gasteiger partial charge in [0.2, 0.25) is 29.5 Å². The van der Waals surface area contributed by atoms with Crippen molar-refractivity contribution in [2.45, 2.75) is 137 Å². The van der Waals surface area contributed by atoms with Crippen LogP contribution in [0, 0.1) is 29.6 Å². The van der Waals surface area contributed by atoms with Gasteiger partial charge in [-0.15, -0.1) is 0 Å². The molecule has 10 atom stereocenters. The summed E-state index contributed by atoms with van der Waals surface area (Å²) in [5.41, 5.74) is 0.402. The molecule has 0 saturated carbocycles. The van der Waals surface area contributed by atoms with Crippen LogP contribution in [0.3, 0.4) is 0 Å². The maximum Gasteiger partial charge on any atom is 0.303 e. The van der Waals surface area contributed by atoms with Crippen molar-refractivity contribution in [2.24, 2.45) is 29.6 Å². The number of aliphatic carboxylic acids is 1. The largest absolute Gasteiger partial charge is 0.481 e. The Hall–Kier alpha value is -5.37. The molecule has 336 valence electrons. The normalized spacial score (nSPS) is 16.3. The number of ketones is 4. The fourth-order valence-corrected chi connectivity index (χ4v) is 5.97. The molecule has 20 nitrogen and oxygen atoms in total. The smallest absolute Gasteiger partial charge is 0.303 e.